The first kappa shape index (κ1) is 17.9. The molecule has 2 aromatic carbocycles. The van der Waals surface area contributed by atoms with E-state index in [-0.39, 0.29) is 24.6 Å². The Balaban J connectivity index is 1.95. The molecule has 0 aliphatic heterocycles. The average molecular weight is 334 g/mol. The molecular weight excluding hydrogens is 314 g/mol. The summed E-state index contributed by atoms with van der Waals surface area (Å²) in [5.74, 6) is -0.195. The monoisotopic (exact) mass is 334 g/mol. The van der Waals surface area contributed by atoms with Gasteiger partial charge >= 0.3 is 6.61 Å². The predicted molar refractivity (Wildman–Crippen MR) is 87.6 cm³/mol. The van der Waals surface area contributed by atoms with E-state index in [1.165, 1.54) is 6.07 Å². The van der Waals surface area contributed by atoms with Gasteiger partial charge in [0.25, 0.3) is 0 Å². The molecule has 2 aromatic rings. The average Bonchev–Trinajstić information content (AvgIpc) is 2.55. The second kappa shape index (κ2) is 8.40. The van der Waals surface area contributed by atoms with Crippen LogP contribution in [-0.2, 0) is 11.3 Å². The molecule has 0 aliphatic rings. The van der Waals surface area contributed by atoms with Crippen molar-refractivity contribution in [2.24, 2.45) is 5.73 Å². The van der Waals surface area contributed by atoms with Gasteiger partial charge in [-0.1, -0.05) is 48.0 Å². The number of nitrogens with two attached hydrogens (primary N) is 1. The van der Waals surface area contributed by atoms with Crippen LogP contribution >= 0.6 is 0 Å². The smallest absolute Gasteiger partial charge is 0.387 e. The number of alkyl halides is 2. The number of amides is 1. The van der Waals surface area contributed by atoms with Gasteiger partial charge in [0.2, 0.25) is 5.91 Å². The van der Waals surface area contributed by atoms with Crippen LogP contribution in [-0.4, -0.2) is 12.5 Å². The van der Waals surface area contributed by atoms with Crippen LogP contribution in [0.25, 0.3) is 0 Å². The van der Waals surface area contributed by atoms with Crippen LogP contribution < -0.4 is 15.8 Å². The van der Waals surface area contributed by atoms with Crippen LogP contribution in [0.2, 0.25) is 0 Å². The van der Waals surface area contributed by atoms with Crippen molar-refractivity contribution in [3.63, 3.8) is 0 Å². The number of hydrogen-bond donors (Lipinski definition) is 2. The zero-order valence-electron chi connectivity index (χ0n) is 13.3. The molecule has 0 heterocycles. The number of rotatable bonds is 7. The summed E-state index contributed by atoms with van der Waals surface area (Å²) in [6.07, 6.45) is 0.112. The molecule has 0 saturated heterocycles. The Kier molecular flexibility index (Phi) is 6.26. The highest BCUT2D eigenvalue weighted by Gasteiger charge is 2.14. The molecule has 128 valence electrons. The highest BCUT2D eigenvalue weighted by molar-refractivity contribution is 5.76. The lowest BCUT2D eigenvalue weighted by Crippen LogP contribution is -2.27. The molecule has 0 bridgehead atoms. The lowest BCUT2D eigenvalue weighted by atomic mass is 10.0. The Morgan fingerprint density at radius 3 is 2.58 bits per heavy atom. The van der Waals surface area contributed by atoms with Crippen LogP contribution in [0, 0.1) is 6.92 Å². The fourth-order valence-corrected chi connectivity index (χ4v) is 2.34. The number of halogens is 2. The van der Waals surface area contributed by atoms with Crippen LogP contribution in [0.4, 0.5) is 8.78 Å². The summed E-state index contributed by atoms with van der Waals surface area (Å²) in [6, 6.07) is 13.7. The topological polar surface area (TPSA) is 64.3 Å². The van der Waals surface area contributed by atoms with Crippen molar-refractivity contribution in [2.45, 2.75) is 32.5 Å². The van der Waals surface area contributed by atoms with Crippen molar-refractivity contribution in [1.82, 2.24) is 5.32 Å². The van der Waals surface area contributed by atoms with Crippen LogP contribution in [0.1, 0.15) is 29.2 Å². The molecule has 1 unspecified atom stereocenters. The number of aryl methyl sites for hydroxylation is 1. The Labute approximate surface area is 139 Å². The number of hydrogen-bond acceptors (Lipinski definition) is 3. The van der Waals surface area contributed by atoms with E-state index in [0.717, 1.165) is 11.1 Å². The van der Waals surface area contributed by atoms with Crippen molar-refractivity contribution in [2.75, 3.05) is 0 Å². The third-order valence-corrected chi connectivity index (χ3v) is 3.54. The molecule has 4 nitrogen and oxygen atoms in total. The van der Waals surface area contributed by atoms with Crippen molar-refractivity contribution < 1.29 is 18.3 Å². The molecule has 3 N–H and O–H groups in total. The molecule has 2 rings (SSSR count). The summed E-state index contributed by atoms with van der Waals surface area (Å²) in [5, 5.41) is 2.70. The van der Waals surface area contributed by atoms with Crippen molar-refractivity contribution >= 4 is 5.91 Å². The molecule has 0 spiro atoms. The number of benzene rings is 2. The summed E-state index contributed by atoms with van der Waals surface area (Å²) in [7, 11) is 0. The molecule has 24 heavy (non-hydrogen) atoms. The molecule has 6 heteroatoms. The van der Waals surface area contributed by atoms with Gasteiger partial charge in [-0.2, -0.15) is 8.78 Å². The second-order valence-electron chi connectivity index (χ2n) is 5.49. The van der Waals surface area contributed by atoms with Crippen LogP contribution in [0.3, 0.4) is 0 Å². The molecule has 0 fully saturated rings. The van der Waals surface area contributed by atoms with Gasteiger partial charge in [0.15, 0.2) is 0 Å². The first-order valence-electron chi connectivity index (χ1n) is 7.57. The third-order valence-electron chi connectivity index (χ3n) is 3.54. The fraction of sp³-hybridized carbons (Fsp3) is 0.278. The van der Waals surface area contributed by atoms with E-state index in [0.29, 0.717) is 5.56 Å². The quantitative estimate of drug-likeness (QED) is 0.816. The van der Waals surface area contributed by atoms with Gasteiger partial charge in [0, 0.05) is 24.6 Å². The van der Waals surface area contributed by atoms with Gasteiger partial charge in [-0.05, 0) is 18.6 Å². The highest BCUT2D eigenvalue weighted by atomic mass is 19.3. The fourth-order valence-electron chi connectivity index (χ4n) is 2.34. The predicted octanol–water partition coefficient (Wildman–Crippen LogP) is 3.30. The van der Waals surface area contributed by atoms with Gasteiger partial charge in [0.1, 0.15) is 5.75 Å². The SMILES string of the molecule is Cc1ccc(OC(F)F)c(CNC(=O)CC(N)c2ccccc2)c1. The second-order valence-corrected chi connectivity index (χ2v) is 5.49. The Morgan fingerprint density at radius 1 is 1.21 bits per heavy atom. The molecule has 0 aromatic heterocycles. The summed E-state index contributed by atoms with van der Waals surface area (Å²) in [4.78, 5) is 12.0. The van der Waals surface area contributed by atoms with Crippen LogP contribution in [0.15, 0.2) is 48.5 Å². The van der Waals surface area contributed by atoms with E-state index in [9.17, 15) is 13.6 Å². The van der Waals surface area contributed by atoms with E-state index in [1.54, 1.807) is 12.1 Å². The van der Waals surface area contributed by atoms with Gasteiger partial charge in [-0.15, -0.1) is 0 Å². The molecule has 1 amide bonds. The maximum absolute atomic E-state index is 12.4. The lowest BCUT2D eigenvalue weighted by molar-refractivity contribution is -0.121. The Morgan fingerprint density at radius 2 is 1.92 bits per heavy atom. The highest BCUT2D eigenvalue weighted by Crippen LogP contribution is 2.22. The molecule has 0 radical (unpaired) electrons. The van der Waals surface area contributed by atoms with Crippen molar-refractivity contribution in [3.8, 4) is 5.75 Å². The van der Waals surface area contributed by atoms with Gasteiger partial charge in [-0.3, -0.25) is 4.79 Å². The summed E-state index contributed by atoms with van der Waals surface area (Å²) in [6.45, 7) is -0.971. The van der Waals surface area contributed by atoms with Crippen molar-refractivity contribution in [3.05, 3.63) is 65.2 Å². The van der Waals surface area contributed by atoms with Crippen molar-refractivity contribution in [1.29, 1.82) is 0 Å². The minimum atomic E-state index is -2.91. The lowest BCUT2D eigenvalue weighted by Gasteiger charge is -2.14. The zero-order chi connectivity index (χ0) is 17.5. The van der Waals surface area contributed by atoms with E-state index < -0.39 is 12.7 Å². The number of carbonyl (C=O) groups is 1. The first-order valence-corrected chi connectivity index (χ1v) is 7.57. The summed E-state index contributed by atoms with van der Waals surface area (Å²) < 4.78 is 29.3. The number of carbonyl (C=O) groups excluding carboxylic acids is 1. The minimum Gasteiger partial charge on any atom is -0.434 e. The van der Waals surface area contributed by atoms with E-state index in [1.807, 2.05) is 37.3 Å². The maximum Gasteiger partial charge on any atom is 0.387 e. The standard InChI is InChI=1S/C18H20F2N2O2/c1-12-7-8-16(24-18(19)20)14(9-12)11-22-17(23)10-15(21)13-5-3-2-4-6-13/h2-9,15,18H,10-11,21H2,1H3,(H,22,23). The molecular formula is C18H20F2N2O2. The Hall–Kier alpha value is -2.47. The first-order chi connectivity index (χ1) is 11.5. The zero-order valence-corrected chi connectivity index (χ0v) is 13.3. The maximum atomic E-state index is 12.4. The molecule has 1 atom stereocenters. The Bertz CT molecular complexity index is 678. The normalized spacial score (nSPS) is 12.0. The third kappa shape index (κ3) is 5.31. The van der Waals surface area contributed by atoms with Crippen LogP contribution in [0.5, 0.6) is 5.75 Å². The summed E-state index contributed by atoms with van der Waals surface area (Å²) >= 11 is 0. The number of nitrogens with one attached hydrogen (secondary N) is 1. The number of ether oxygens (including phenoxy) is 1. The molecule has 0 aliphatic carbocycles. The van der Waals surface area contributed by atoms with E-state index in [2.05, 4.69) is 10.1 Å². The van der Waals surface area contributed by atoms with Gasteiger partial charge in [-0.25, -0.2) is 0 Å². The van der Waals surface area contributed by atoms with Gasteiger partial charge in [0.05, 0.1) is 0 Å². The largest absolute Gasteiger partial charge is 0.434 e. The van der Waals surface area contributed by atoms with E-state index in [4.69, 9.17) is 5.73 Å². The van der Waals surface area contributed by atoms with Gasteiger partial charge < -0.3 is 15.8 Å². The van der Waals surface area contributed by atoms with E-state index >= 15 is 0 Å². The molecule has 0 saturated carbocycles. The summed E-state index contributed by atoms with van der Waals surface area (Å²) in [5.41, 5.74) is 8.25. The minimum absolute atomic E-state index is 0.0586.